The summed E-state index contributed by atoms with van der Waals surface area (Å²) in [6.45, 7) is 10.1. The molecule has 0 aliphatic carbocycles. The molecule has 1 aliphatic rings. The molecule has 1 atom stereocenters. The summed E-state index contributed by atoms with van der Waals surface area (Å²) in [6.07, 6.45) is 6.64. The first-order valence-corrected chi connectivity index (χ1v) is 7.88. The standard InChI is InChI=1S/C15H32N4/c1-5-6-10-19-11-8-7-9-14(19)12-17-15(16-4)18-13(2)3/h13-14H,5-12H2,1-4H3,(H2,16,17,18). The number of nitrogens with zero attached hydrogens (tertiary/aromatic N) is 2. The number of nitrogens with one attached hydrogen (secondary N) is 2. The van der Waals surface area contributed by atoms with Crippen LogP contribution in [0, 0.1) is 0 Å². The van der Waals surface area contributed by atoms with E-state index in [-0.39, 0.29) is 0 Å². The fourth-order valence-electron chi connectivity index (χ4n) is 2.63. The van der Waals surface area contributed by atoms with Crippen molar-refractivity contribution in [2.24, 2.45) is 4.99 Å². The fraction of sp³-hybridized carbons (Fsp3) is 0.933. The number of likely N-dealkylation sites (tertiary alicyclic amines) is 1. The lowest BCUT2D eigenvalue weighted by Crippen LogP contribution is -2.50. The monoisotopic (exact) mass is 268 g/mol. The first-order valence-electron chi connectivity index (χ1n) is 7.88. The molecule has 0 aromatic carbocycles. The molecular weight excluding hydrogens is 236 g/mol. The van der Waals surface area contributed by atoms with Gasteiger partial charge >= 0.3 is 0 Å². The van der Waals surface area contributed by atoms with Gasteiger partial charge < -0.3 is 10.6 Å². The van der Waals surface area contributed by atoms with Crippen LogP contribution in [0.3, 0.4) is 0 Å². The molecule has 1 saturated heterocycles. The molecule has 1 unspecified atom stereocenters. The quantitative estimate of drug-likeness (QED) is 0.573. The van der Waals surface area contributed by atoms with E-state index in [0.29, 0.717) is 12.1 Å². The van der Waals surface area contributed by atoms with Gasteiger partial charge in [-0.05, 0) is 46.2 Å². The molecule has 112 valence electrons. The molecule has 1 heterocycles. The Balaban J connectivity index is 2.39. The topological polar surface area (TPSA) is 39.7 Å². The maximum absolute atomic E-state index is 4.28. The van der Waals surface area contributed by atoms with Crippen LogP contribution < -0.4 is 10.6 Å². The second-order valence-electron chi connectivity index (χ2n) is 5.79. The van der Waals surface area contributed by atoms with Crippen molar-refractivity contribution in [2.75, 3.05) is 26.7 Å². The number of hydrogen-bond acceptors (Lipinski definition) is 2. The Morgan fingerprint density at radius 1 is 1.37 bits per heavy atom. The summed E-state index contributed by atoms with van der Waals surface area (Å²) >= 11 is 0. The van der Waals surface area contributed by atoms with Crippen LogP contribution >= 0.6 is 0 Å². The minimum atomic E-state index is 0.425. The summed E-state index contributed by atoms with van der Waals surface area (Å²) in [5.74, 6) is 0.927. The third-order valence-electron chi connectivity index (χ3n) is 3.70. The van der Waals surface area contributed by atoms with Gasteiger partial charge in [0.2, 0.25) is 0 Å². The molecule has 1 fully saturated rings. The highest BCUT2D eigenvalue weighted by Crippen LogP contribution is 2.16. The molecule has 4 heteroatoms. The molecule has 0 saturated carbocycles. The van der Waals surface area contributed by atoms with Gasteiger partial charge in [-0.25, -0.2) is 0 Å². The summed E-state index contributed by atoms with van der Waals surface area (Å²) in [4.78, 5) is 6.93. The largest absolute Gasteiger partial charge is 0.355 e. The van der Waals surface area contributed by atoms with E-state index in [1.54, 1.807) is 0 Å². The van der Waals surface area contributed by atoms with Crippen molar-refractivity contribution in [1.82, 2.24) is 15.5 Å². The Morgan fingerprint density at radius 2 is 2.16 bits per heavy atom. The zero-order valence-corrected chi connectivity index (χ0v) is 13.2. The number of piperidine rings is 1. The molecule has 0 bridgehead atoms. The van der Waals surface area contributed by atoms with Crippen molar-refractivity contribution >= 4 is 5.96 Å². The zero-order chi connectivity index (χ0) is 14.1. The predicted octanol–water partition coefficient (Wildman–Crippen LogP) is 2.21. The Labute approximate surface area is 119 Å². The predicted molar refractivity (Wildman–Crippen MR) is 83.8 cm³/mol. The van der Waals surface area contributed by atoms with E-state index in [4.69, 9.17) is 0 Å². The average Bonchev–Trinajstić information content (AvgIpc) is 2.41. The highest BCUT2D eigenvalue weighted by molar-refractivity contribution is 5.79. The van der Waals surface area contributed by atoms with Gasteiger partial charge in [0.05, 0.1) is 0 Å². The molecule has 4 nitrogen and oxygen atoms in total. The van der Waals surface area contributed by atoms with Gasteiger partial charge in [0.15, 0.2) is 5.96 Å². The number of rotatable bonds is 6. The summed E-state index contributed by atoms with van der Waals surface area (Å²) in [7, 11) is 1.84. The lowest BCUT2D eigenvalue weighted by Gasteiger charge is -2.36. The van der Waals surface area contributed by atoms with Crippen molar-refractivity contribution in [3.8, 4) is 0 Å². The van der Waals surface area contributed by atoms with Gasteiger partial charge in [-0.2, -0.15) is 0 Å². The van der Waals surface area contributed by atoms with Gasteiger partial charge in [0, 0.05) is 25.7 Å². The van der Waals surface area contributed by atoms with E-state index in [1.807, 2.05) is 7.05 Å². The third-order valence-corrected chi connectivity index (χ3v) is 3.70. The van der Waals surface area contributed by atoms with E-state index in [2.05, 4.69) is 41.3 Å². The number of hydrogen-bond donors (Lipinski definition) is 2. The lowest BCUT2D eigenvalue weighted by atomic mass is 10.0. The molecule has 0 aromatic rings. The molecule has 1 aliphatic heterocycles. The van der Waals surface area contributed by atoms with Crippen LogP contribution in [0.15, 0.2) is 4.99 Å². The van der Waals surface area contributed by atoms with E-state index < -0.39 is 0 Å². The third kappa shape index (κ3) is 6.28. The molecule has 0 radical (unpaired) electrons. The van der Waals surface area contributed by atoms with Gasteiger partial charge in [-0.1, -0.05) is 19.8 Å². The first kappa shape index (κ1) is 16.3. The molecule has 19 heavy (non-hydrogen) atoms. The summed E-state index contributed by atoms with van der Waals surface area (Å²) in [5, 5.41) is 6.82. The maximum Gasteiger partial charge on any atom is 0.191 e. The van der Waals surface area contributed by atoms with Gasteiger partial charge in [0.1, 0.15) is 0 Å². The van der Waals surface area contributed by atoms with Crippen LogP contribution in [-0.4, -0.2) is 49.6 Å². The van der Waals surface area contributed by atoms with Crippen LogP contribution in [-0.2, 0) is 0 Å². The van der Waals surface area contributed by atoms with E-state index in [0.717, 1.165) is 12.5 Å². The van der Waals surface area contributed by atoms with Crippen LogP contribution in [0.1, 0.15) is 52.9 Å². The van der Waals surface area contributed by atoms with Crippen molar-refractivity contribution in [3.63, 3.8) is 0 Å². The Bertz CT molecular complexity index is 263. The molecule has 0 spiro atoms. The van der Waals surface area contributed by atoms with E-state index in [9.17, 15) is 0 Å². The summed E-state index contributed by atoms with van der Waals surface area (Å²) in [5.41, 5.74) is 0. The Kier molecular flexibility index (Phi) is 7.87. The number of guanidine groups is 1. The Morgan fingerprint density at radius 3 is 2.79 bits per heavy atom. The lowest BCUT2D eigenvalue weighted by molar-refractivity contribution is 0.147. The molecule has 0 amide bonds. The fourth-order valence-corrected chi connectivity index (χ4v) is 2.63. The van der Waals surface area contributed by atoms with Crippen LogP contribution in [0.2, 0.25) is 0 Å². The average molecular weight is 268 g/mol. The van der Waals surface area contributed by atoms with Crippen molar-refractivity contribution in [2.45, 2.75) is 65.0 Å². The number of unbranched alkanes of at least 4 members (excludes halogenated alkanes) is 1. The minimum absolute atomic E-state index is 0.425. The van der Waals surface area contributed by atoms with E-state index >= 15 is 0 Å². The summed E-state index contributed by atoms with van der Waals surface area (Å²) < 4.78 is 0. The van der Waals surface area contributed by atoms with Gasteiger partial charge in [-0.3, -0.25) is 9.89 Å². The van der Waals surface area contributed by atoms with Crippen LogP contribution in [0.4, 0.5) is 0 Å². The second-order valence-corrected chi connectivity index (χ2v) is 5.79. The first-order chi connectivity index (χ1) is 9.17. The SMILES string of the molecule is CCCCN1CCCCC1CNC(=NC)NC(C)C. The molecular formula is C15H32N4. The normalized spacial score (nSPS) is 21.7. The highest BCUT2D eigenvalue weighted by Gasteiger charge is 2.21. The molecule has 2 N–H and O–H groups in total. The van der Waals surface area contributed by atoms with E-state index in [1.165, 1.54) is 45.2 Å². The zero-order valence-electron chi connectivity index (χ0n) is 13.2. The van der Waals surface area contributed by atoms with Crippen molar-refractivity contribution < 1.29 is 0 Å². The highest BCUT2D eigenvalue weighted by atomic mass is 15.2. The van der Waals surface area contributed by atoms with Crippen molar-refractivity contribution in [3.05, 3.63) is 0 Å². The minimum Gasteiger partial charge on any atom is -0.355 e. The van der Waals surface area contributed by atoms with Gasteiger partial charge in [-0.15, -0.1) is 0 Å². The smallest absolute Gasteiger partial charge is 0.191 e. The second kappa shape index (κ2) is 9.18. The summed E-state index contributed by atoms with van der Waals surface area (Å²) in [6, 6.07) is 1.10. The molecule has 1 rings (SSSR count). The number of aliphatic imine (C=N–C) groups is 1. The van der Waals surface area contributed by atoms with Crippen LogP contribution in [0.25, 0.3) is 0 Å². The van der Waals surface area contributed by atoms with Gasteiger partial charge in [0.25, 0.3) is 0 Å². The van der Waals surface area contributed by atoms with Crippen molar-refractivity contribution in [1.29, 1.82) is 0 Å². The van der Waals surface area contributed by atoms with Crippen LogP contribution in [0.5, 0.6) is 0 Å². The Hall–Kier alpha value is -0.770. The maximum atomic E-state index is 4.28. The molecule has 0 aromatic heterocycles.